The largest absolute Gasteiger partial charge is 0.497 e. The number of ether oxygens (including phenoxy) is 2. The van der Waals surface area contributed by atoms with Crippen LogP contribution in [0.25, 0.3) is 0 Å². The van der Waals surface area contributed by atoms with Crippen LogP contribution < -0.4 is 14.8 Å². The van der Waals surface area contributed by atoms with Gasteiger partial charge in [0.2, 0.25) is 5.91 Å². The third kappa shape index (κ3) is 5.96. The molecule has 0 aliphatic carbocycles. The first-order valence-corrected chi connectivity index (χ1v) is 13.2. The molecule has 2 heterocycles. The van der Waals surface area contributed by atoms with Gasteiger partial charge in [0.05, 0.1) is 26.0 Å². The lowest BCUT2D eigenvalue weighted by molar-refractivity contribution is -0.121. The quantitative estimate of drug-likeness (QED) is 0.431. The molecule has 2 amide bonds. The van der Waals surface area contributed by atoms with E-state index >= 15 is 0 Å². The zero-order valence-electron chi connectivity index (χ0n) is 21.7. The zero-order valence-corrected chi connectivity index (χ0v) is 22.5. The van der Waals surface area contributed by atoms with Crippen LogP contribution in [0.3, 0.4) is 0 Å². The molecular formula is C29H27FN4O4S. The number of methoxy groups -OCH3 is 2. The second-order valence-electron chi connectivity index (χ2n) is 9.22. The summed E-state index contributed by atoms with van der Waals surface area (Å²) in [5.41, 5.74) is 4.30. The molecule has 2 atom stereocenters. The van der Waals surface area contributed by atoms with Crippen LogP contribution in [-0.2, 0) is 9.59 Å². The molecule has 0 aromatic heterocycles. The van der Waals surface area contributed by atoms with Crippen molar-refractivity contribution in [3.05, 3.63) is 89.2 Å². The van der Waals surface area contributed by atoms with Crippen molar-refractivity contribution < 1.29 is 23.5 Å². The van der Waals surface area contributed by atoms with E-state index in [4.69, 9.17) is 14.6 Å². The highest BCUT2D eigenvalue weighted by Gasteiger charge is 2.39. The second kappa shape index (κ2) is 11.3. The lowest BCUT2D eigenvalue weighted by Gasteiger charge is -2.23. The number of anilines is 1. The SMILES string of the molecule is COc1cc(NC(=O)C[C@H]2SC(N3N=C(c4ccc(C)cc4)C[C@@H]3c3ccc(F)cc3)=NC2=O)cc(OC)c1. The van der Waals surface area contributed by atoms with Gasteiger partial charge in [-0.25, -0.2) is 9.40 Å². The third-order valence-corrected chi connectivity index (χ3v) is 7.62. The molecule has 10 heteroatoms. The predicted octanol–water partition coefficient (Wildman–Crippen LogP) is 5.33. The Morgan fingerprint density at radius 2 is 1.72 bits per heavy atom. The van der Waals surface area contributed by atoms with Gasteiger partial charge in [-0.05, 0) is 30.2 Å². The number of hydrogen-bond donors (Lipinski definition) is 1. The highest BCUT2D eigenvalue weighted by atomic mass is 32.2. The summed E-state index contributed by atoms with van der Waals surface area (Å²) in [7, 11) is 3.05. The standard InChI is InChI=1S/C29H27FN4O4S/c1-17-4-6-18(7-5-17)24-15-25(19-8-10-20(30)11-9-19)34(33-24)29-32-28(36)26(39-29)16-27(35)31-21-12-22(37-2)14-23(13-21)38-3/h4-14,25-26H,15-16H2,1-3H3,(H,31,35)/t25-,26-/m1/s1. The smallest absolute Gasteiger partial charge is 0.262 e. The maximum absolute atomic E-state index is 13.6. The van der Waals surface area contributed by atoms with Crippen LogP contribution in [0.4, 0.5) is 10.1 Å². The summed E-state index contributed by atoms with van der Waals surface area (Å²) in [6.45, 7) is 2.02. The molecule has 0 radical (unpaired) electrons. The van der Waals surface area contributed by atoms with Crippen LogP contribution in [0, 0.1) is 12.7 Å². The molecule has 2 aliphatic heterocycles. The molecule has 2 aliphatic rings. The summed E-state index contributed by atoms with van der Waals surface area (Å²) in [6, 6.07) is 19.1. The molecule has 5 rings (SSSR count). The van der Waals surface area contributed by atoms with Crippen molar-refractivity contribution in [3.8, 4) is 11.5 Å². The molecule has 0 unspecified atom stereocenters. The Morgan fingerprint density at radius 3 is 2.36 bits per heavy atom. The van der Waals surface area contributed by atoms with Gasteiger partial charge in [-0.3, -0.25) is 9.59 Å². The van der Waals surface area contributed by atoms with Gasteiger partial charge in [0.25, 0.3) is 5.91 Å². The molecule has 0 spiro atoms. The van der Waals surface area contributed by atoms with Crippen LogP contribution in [0.2, 0.25) is 0 Å². The van der Waals surface area contributed by atoms with Crippen LogP contribution >= 0.6 is 11.8 Å². The van der Waals surface area contributed by atoms with Crippen molar-refractivity contribution in [2.45, 2.75) is 31.1 Å². The number of amides is 2. The van der Waals surface area contributed by atoms with Crippen molar-refractivity contribution in [2.24, 2.45) is 10.1 Å². The number of carbonyl (C=O) groups is 2. The highest BCUT2D eigenvalue weighted by Crippen LogP contribution is 2.39. The summed E-state index contributed by atoms with van der Waals surface area (Å²) >= 11 is 1.21. The molecule has 3 aromatic rings. The lowest BCUT2D eigenvalue weighted by Crippen LogP contribution is -2.25. The fourth-order valence-corrected chi connectivity index (χ4v) is 5.48. The predicted molar refractivity (Wildman–Crippen MR) is 150 cm³/mol. The van der Waals surface area contributed by atoms with E-state index in [1.165, 1.54) is 38.1 Å². The number of nitrogens with one attached hydrogen (secondary N) is 1. The number of amidine groups is 1. The normalized spacial score (nSPS) is 18.6. The van der Waals surface area contributed by atoms with E-state index in [0.29, 0.717) is 28.8 Å². The van der Waals surface area contributed by atoms with Gasteiger partial charge >= 0.3 is 0 Å². The molecule has 200 valence electrons. The summed E-state index contributed by atoms with van der Waals surface area (Å²) in [4.78, 5) is 30.0. The molecule has 0 fully saturated rings. The molecule has 0 saturated carbocycles. The maximum atomic E-state index is 13.6. The molecular weight excluding hydrogens is 519 g/mol. The van der Waals surface area contributed by atoms with Crippen LogP contribution in [0.5, 0.6) is 11.5 Å². The van der Waals surface area contributed by atoms with Crippen LogP contribution in [0.1, 0.15) is 35.6 Å². The van der Waals surface area contributed by atoms with Crippen molar-refractivity contribution in [3.63, 3.8) is 0 Å². The first kappa shape index (κ1) is 26.4. The number of nitrogens with zero attached hydrogens (tertiary/aromatic N) is 3. The van der Waals surface area contributed by atoms with Gasteiger partial charge in [0.1, 0.15) is 22.6 Å². The van der Waals surface area contributed by atoms with Gasteiger partial charge in [0.15, 0.2) is 5.17 Å². The number of benzene rings is 3. The van der Waals surface area contributed by atoms with E-state index in [1.54, 1.807) is 35.3 Å². The Bertz CT molecular complexity index is 1430. The minimum absolute atomic E-state index is 0.0698. The van der Waals surface area contributed by atoms with E-state index in [9.17, 15) is 14.0 Å². The molecule has 1 N–H and O–H groups in total. The highest BCUT2D eigenvalue weighted by molar-refractivity contribution is 8.15. The molecule has 8 nitrogen and oxygen atoms in total. The first-order chi connectivity index (χ1) is 18.8. The Hall–Kier alpha value is -4.18. The summed E-state index contributed by atoms with van der Waals surface area (Å²) in [5, 5.41) is 9.07. The number of carbonyl (C=O) groups excluding carboxylic acids is 2. The zero-order chi connectivity index (χ0) is 27.5. The fourth-order valence-electron chi connectivity index (χ4n) is 4.42. The van der Waals surface area contributed by atoms with E-state index in [1.807, 2.05) is 31.2 Å². The number of aryl methyl sites for hydroxylation is 1. The number of halogens is 1. The van der Waals surface area contributed by atoms with Gasteiger partial charge < -0.3 is 14.8 Å². The average molecular weight is 547 g/mol. The monoisotopic (exact) mass is 546 g/mol. The Kier molecular flexibility index (Phi) is 7.65. The van der Waals surface area contributed by atoms with Crippen LogP contribution in [0.15, 0.2) is 76.8 Å². The van der Waals surface area contributed by atoms with Gasteiger partial charge in [-0.2, -0.15) is 10.1 Å². The summed E-state index contributed by atoms with van der Waals surface area (Å²) < 4.78 is 24.2. The van der Waals surface area contributed by atoms with Crippen molar-refractivity contribution in [1.29, 1.82) is 0 Å². The molecule has 39 heavy (non-hydrogen) atoms. The molecule has 3 aromatic carbocycles. The van der Waals surface area contributed by atoms with Gasteiger partial charge in [0, 0.05) is 36.7 Å². The summed E-state index contributed by atoms with van der Waals surface area (Å²) in [6.07, 6.45) is 0.491. The Morgan fingerprint density at radius 1 is 1.05 bits per heavy atom. The Labute approximate surface area is 229 Å². The number of thioether (sulfide) groups is 1. The van der Waals surface area contributed by atoms with Crippen molar-refractivity contribution in [2.75, 3.05) is 19.5 Å². The van der Waals surface area contributed by atoms with Crippen molar-refractivity contribution >= 4 is 40.1 Å². The van der Waals surface area contributed by atoms with E-state index in [-0.39, 0.29) is 24.2 Å². The minimum atomic E-state index is -0.694. The van der Waals surface area contributed by atoms with Crippen molar-refractivity contribution in [1.82, 2.24) is 5.01 Å². The fraction of sp³-hybridized carbons (Fsp3) is 0.241. The van der Waals surface area contributed by atoms with Gasteiger partial charge in [-0.15, -0.1) is 0 Å². The number of hydrogen-bond acceptors (Lipinski definition) is 7. The number of aliphatic imine (C=N–C) groups is 1. The average Bonchev–Trinajstić information content (AvgIpc) is 3.53. The number of rotatable bonds is 7. The number of hydrazone groups is 1. The minimum Gasteiger partial charge on any atom is -0.497 e. The van der Waals surface area contributed by atoms with Gasteiger partial charge in [-0.1, -0.05) is 53.7 Å². The molecule has 0 bridgehead atoms. The summed E-state index contributed by atoms with van der Waals surface area (Å²) in [5.74, 6) is -0.00182. The third-order valence-electron chi connectivity index (χ3n) is 6.48. The van der Waals surface area contributed by atoms with Crippen LogP contribution in [-0.4, -0.2) is 47.2 Å². The second-order valence-corrected chi connectivity index (χ2v) is 10.4. The first-order valence-electron chi connectivity index (χ1n) is 12.3. The van der Waals surface area contributed by atoms with E-state index in [0.717, 1.165) is 22.4 Å². The van der Waals surface area contributed by atoms with E-state index < -0.39 is 11.2 Å². The van der Waals surface area contributed by atoms with E-state index in [2.05, 4.69) is 10.3 Å². The molecule has 0 saturated heterocycles. The lowest BCUT2D eigenvalue weighted by atomic mass is 9.98. The topological polar surface area (TPSA) is 92.6 Å². The Balaban J connectivity index is 1.33. The maximum Gasteiger partial charge on any atom is 0.262 e.